The van der Waals surface area contributed by atoms with Gasteiger partial charge in [-0.3, -0.25) is 0 Å². The van der Waals surface area contributed by atoms with Crippen molar-refractivity contribution >= 4 is 11.3 Å². The van der Waals surface area contributed by atoms with E-state index in [9.17, 15) is 0 Å². The first-order valence-electron chi connectivity index (χ1n) is 7.11. The van der Waals surface area contributed by atoms with Crippen molar-refractivity contribution in [2.75, 3.05) is 13.7 Å². The van der Waals surface area contributed by atoms with Crippen LogP contribution in [0.1, 0.15) is 36.9 Å². The zero-order chi connectivity index (χ0) is 15.4. The van der Waals surface area contributed by atoms with E-state index in [4.69, 9.17) is 15.2 Å². The third-order valence-corrected chi connectivity index (χ3v) is 4.53. The van der Waals surface area contributed by atoms with Crippen molar-refractivity contribution in [1.29, 1.82) is 0 Å². The molecule has 1 aromatic heterocycles. The summed E-state index contributed by atoms with van der Waals surface area (Å²) in [5, 5.41) is 0.958. The molecule has 0 radical (unpaired) electrons. The first-order valence-corrected chi connectivity index (χ1v) is 7.92. The molecule has 1 unspecified atom stereocenters. The molecule has 1 atom stereocenters. The molecule has 0 fully saturated rings. The van der Waals surface area contributed by atoms with Gasteiger partial charge in [0.1, 0.15) is 5.01 Å². The van der Waals surface area contributed by atoms with E-state index in [-0.39, 0.29) is 6.04 Å². The minimum Gasteiger partial charge on any atom is -0.493 e. The van der Waals surface area contributed by atoms with Crippen molar-refractivity contribution in [2.45, 2.75) is 33.2 Å². The average molecular weight is 306 g/mol. The largest absolute Gasteiger partial charge is 0.493 e. The van der Waals surface area contributed by atoms with E-state index in [0.717, 1.165) is 39.1 Å². The van der Waals surface area contributed by atoms with Crippen molar-refractivity contribution in [1.82, 2.24) is 4.98 Å². The molecule has 0 aliphatic heterocycles. The van der Waals surface area contributed by atoms with E-state index in [0.29, 0.717) is 6.61 Å². The number of hydrogen-bond donors (Lipinski definition) is 1. The van der Waals surface area contributed by atoms with E-state index < -0.39 is 0 Å². The smallest absolute Gasteiger partial charge is 0.161 e. The highest BCUT2D eigenvalue weighted by Crippen LogP contribution is 2.36. The second-order valence-corrected chi connectivity index (χ2v) is 6.00. The van der Waals surface area contributed by atoms with E-state index in [1.165, 1.54) is 0 Å². The van der Waals surface area contributed by atoms with E-state index in [1.54, 1.807) is 18.4 Å². The fourth-order valence-electron chi connectivity index (χ4n) is 2.09. The molecule has 1 heterocycles. The minimum absolute atomic E-state index is 0.00491. The molecule has 5 heteroatoms. The monoisotopic (exact) mass is 306 g/mol. The number of methoxy groups -OCH3 is 1. The summed E-state index contributed by atoms with van der Waals surface area (Å²) in [6, 6.07) is 5.92. The molecule has 4 nitrogen and oxygen atoms in total. The molecule has 0 saturated carbocycles. The van der Waals surface area contributed by atoms with Crippen molar-refractivity contribution in [3.8, 4) is 22.1 Å². The van der Waals surface area contributed by atoms with Crippen molar-refractivity contribution < 1.29 is 9.47 Å². The molecule has 0 aliphatic carbocycles. The maximum atomic E-state index is 5.97. The number of ether oxygens (including phenoxy) is 2. The molecule has 0 spiro atoms. The van der Waals surface area contributed by atoms with Crippen LogP contribution >= 0.6 is 11.3 Å². The Labute approximate surface area is 129 Å². The molecule has 21 heavy (non-hydrogen) atoms. The van der Waals surface area contributed by atoms with Crippen LogP contribution in [0.2, 0.25) is 0 Å². The second-order valence-electron chi connectivity index (χ2n) is 4.97. The Morgan fingerprint density at radius 1 is 1.33 bits per heavy atom. The van der Waals surface area contributed by atoms with Gasteiger partial charge in [-0.25, -0.2) is 4.98 Å². The molecular formula is C16H22N2O2S. The van der Waals surface area contributed by atoms with Crippen LogP contribution in [0.25, 0.3) is 10.6 Å². The van der Waals surface area contributed by atoms with Crippen LogP contribution in [0.15, 0.2) is 18.2 Å². The fourth-order valence-corrected chi connectivity index (χ4v) is 3.10. The van der Waals surface area contributed by atoms with Crippen LogP contribution in [-0.4, -0.2) is 18.7 Å². The van der Waals surface area contributed by atoms with Gasteiger partial charge in [0.15, 0.2) is 11.5 Å². The summed E-state index contributed by atoms with van der Waals surface area (Å²) < 4.78 is 11.1. The summed E-state index contributed by atoms with van der Waals surface area (Å²) in [5.74, 6) is 1.50. The first-order chi connectivity index (χ1) is 10.1. The molecule has 2 N–H and O–H groups in total. The zero-order valence-electron chi connectivity index (χ0n) is 13.0. The van der Waals surface area contributed by atoms with E-state index >= 15 is 0 Å². The molecule has 114 valence electrons. The molecule has 0 saturated heterocycles. The van der Waals surface area contributed by atoms with Crippen molar-refractivity contribution in [3.05, 3.63) is 28.8 Å². The van der Waals surface area contributed by atoms with Crippen LogP contribution in [0, 0.1) is 6.92 Å². The second kappa shape index (κ2) is 6.91. The summed E-state index contributed by atoms with van der Waals surface area (Å²) in [7, 11) is 1.65. The third kappa shape index (κ3) is 3.54. The molecule has 0 aliphatic rings. The lowest BCUT2D eigenvalue weighted by molar-refractivity contribution is 0.294. The van der Waals surface area contributed by atoms with Crippen LogP contribution < -0.4 is 15.2 Å². The summed E-state index contributed by atoms with van der Waals surface area (Å²) in [5.41, 5.74) is 7.99. The van der Waals surface area contributed by atoms with Crippen LogP contribution in [0.5, 0.6) is 11.5 Å². The number of rotatable bonds is 6. The Bertz CT molecular complexity index is 608. The van der Waals surface area contributed by atoms with Crippen LogP contribution in [0.4, 0.5) is 0 Å². The fraction of sp³-hybridized carbons (Fsp3) is 0.438. The van der Waals surface area contributed by atoms with Gasteiger partial charge in [-0.15, -0.1) is 11.3 Å². The Kier molecular flexibility index (Phi) is 5.20. The lowest BCUT2D eigenvalue weighted by Crippen LogP contribution is -2.03. The van der Waals surface area contributed by atoms with Crippen molar-refractivity contribution in [2.24, 2.45) is 5.73 Å². The summed E-state index contributed by atoms with van der Waals surface area (Å²) in [4.78, 5) is 5.73. The number of nitrogens with two attached hydrogens (primary N) is 1. The van der Waals surface area contributed by atoms with Gasteiger partial charge < -0.3 is 15.2 Å². The third-order valence-electron chi connectivity index (χ3n) is 3.12. The van der Waals surface area contributed by atoms with Crippen LogP contribution in [-0.2, 0) is 0 Å². The Morgan fingerprint density at radius 2 is 2.10 bits per heavy atom. The quantitative estimate of drug-likeness (QED) is 0.878. The number of nitrogens with zero attached hydrogens (tertiary/aromatic N) is 1. The molecule has 0 bridgehead atoms. The first kappa shape index (κ1) is 15.8. The van der Waals surface area contributed by atoms with Gasteiger partial charge in [0, 0.05) is 16.5 Å². The molecule has 2 rings (SSSR count). The highest BCUT2D eigenvalue weighted by molar-refractivity contribution is 7.15. The maximum absolute atomic E-state index is 5.97. The van der Waals surface area contributed by atoms with Gasteiger partial charge in [-0.1, -0.05) is 6.92 Å². The Hall–Kier alpha value is -1.59. The number of aryl methyl sites for hydroxylation is 1. The Balaban J connectivity index is 2.34. The summed E-state index contributed by atoms with van der Waals surface area (Å²) >= 11 is 1.63. The van der Waals surface area contributed by atoms with Crippen LogP contribution in [0.3, 0.4) is 0 Å². The predicted octanol–water partition coefficient (Wildman–Crippen LogP) is 3.94. The van der Waals surface area contributed by atoms with Gasteiger partial charge in [-0.2, -0.15) is 0 Å². The highest BCUT2D eigenvalue weighted by atomic mass is 32.1. The number of aromatic nitrogens is 1. The number of hydrogen-bond acceptors (Lipinski definition) is 5. The molecule has 2 aromatic rings. The van der Waals surface area contributed by atoms with Crippen molar-refractivity contribution in [3.63, 3.8) is 0 Å². The summed E-state index contributed by atoms with van der Waals surface area (Å²) in [6.07, 6.45) is 0.967. The topological polar surface area (TPSA) is 57.4 Å². The Morgan fingerprint density at radius 3 is 2.67 bits per heavy atom. The number of thiazole rings is 1. The predicted molar refractivity (Wildman–Crippen MR) is 87.2 cm³/mol. The molecular weight excluding hydrogens is 284 g/mol. The number of benzene rings is 1. The average Bonchev–Trinajstić information content (AvgIpc) is 2.87. The minimum atomic E-state index is 0.00491. The van der Waals surface area contributed by atoms with E-state index in [2.05, 4.69) is 11.9 Å². The maximum Gasteiger partial charge on any atom is 0.161 e. The van der Waals surface area contributed by atoms with Gasteiger partial charge in [0.05, 0.1) is 19.4 Å². The standard InChI is InChI=1S/C16H22N2O2S/c1-5-8-20-13-7-6-12(9-14(13)19-4)16-18-11(3)15(21-16)10(2)17/h6-7,9-10H,5,8,17H2,1-4H3. The van der Waals surface area contributed by atoms with Gasteiger partial charge in [-0.05, 0) is 38.5 Å². The van der Waals surface area contributed by atoms with Gasteiger partial charge in [0.25, 0.3) is 0 Å². The molecule has 0 amide bonds. The molecule has 1 aromatic carbocycles. The lowest BCUT2D eigenvalue weighted by Gasteiger charge is -2.10. The normalized spacial score (nSPS) is 12.2. The zero-order valence-corrected chi connectivity index (χ0v) is 13.8. The lowest BCUT2D eigenvalue weighted by atomic mass is 10.2. The van der Waals surface area contributed by atoms with Gasteiger partial charge in [0.2, 0.25) is 0 Å². The highest BCUT2D eigenvalue weighted by Gasteiger charge is 2.14. The van der Waals surface area contributed by atoms with E-state index in [1.807, 2.05) is 32.0 Å². The summed E-state index contributed by atoms with van der Waals surface area (Å²) in [6.45, 7) is 6.73. The SMILES string of the molecule is CCCOc1ccc(-c2nc(C)c(C(C)N)s2)cc1OC. The van der Waals surface area contributed by atoms with Gasteiger partial charge >= 0.3 is 0 Å².